The van der Waals surface area contributed by atoms with Gasteiger partial charge in [-0.1, -0.05) is 68.8 Å². The lowest BCUT2D eigenvalue weighted by molar-refractivity contribution is 0.211. The molecule has 1 aliphatic heterocycles. The quantitative estimate of drug-likeness (QED) is 0.701. The highest BCUT2D eigenvalue weighted by Gasteiger charge is 2.16. The molecule has 0 saturated heterocycles. The molecule has 0 radical (unpaired) electrons. The summed E-state index contributed by atoms with van der Waals surface area (Å²) in [5, 5.41) is 0. The van der Waals surface area contributed by atoms with Gasteiger partial charge in [-0.2, -0.15) is 9.98 Å². The van der Waals surface area contributed by atoms with Gasteiger partial charge in [-0.05, 0) is 23.8 Å². The fourth-order valence-electron chi connectivity index (χ4n) is 3.49. The lowest BCUT2D eigenvalue weighted by Crippen LogP contribution is -2.17. The number of rotatable bonds is 4. The van der Waals surface area contributed by atoms with Crippen LogP contribution in [0.2, 0.25) is 0 Å². The molecule has 0 amide bonds. The molecule has 0 spiro atoms. The second-order valence-corrected chi connectivity index (χ2v) is 8.77. The molecule has 1 aliphatic carbocycles. The zero-order chi connectivity index (χ0) is 21.8. The maximum absolute atomic E-state index is 5.96. The van der Waals surface area contributed by atoms with Crippen molar-refractivity contribution in [1.82, 2.24) is 9.97 Å². The normalized spacial score (nSPS) is 17.6. The highest BCUT2D eigenvalue weighted by Crippen LogP contribution is 2.28. The first-order chi connectivity index (χ1) is 14.9. The Morgan fingerprint density at radius 2 is 1.94 bits per heavy atom. The third kappa shape index (κ3) is 5.40. The van der Waals surface area contributed by atoms with Gasteiger partial charge in [0.05, 0.1) is 5.69 Å². The summed E-state index contributed by atoms with van der Waals surface area (Å²) in [6.07, 6.45) is 10.8. The van der Waals surface area contributed by atoms with E-state index in [0.717, 1.165) is 29.9 Å². The summed E-state index contributed by atoms with van der Waals surface area (Å²) in [4.78, 5) is 13.2. The van der Waals surface area contributed by atoms with Crippen molar-refractivity contribution in [2.45, 2.75) is 45.4 Å². The number of nitrogens with two attached hydrogens (primary N) is 1. The molecule has 6 heteroatoms. The second-order valence-electron chi connectivity index (χ2n) is 8.77. The number of nitrogens with zero attached hydrogens (tertiary/aromatic N) is 3. The molecule has 31 heavy (non-hydrogen) atoms. The Morgan fingerprint density at radius 1 is 1.13 bits per heavy atom. The predicted octanol–water partition coefficient (Wildman–Crippen LogP) is 5.61. The van der Waals surface area contributed by atoms with Gasteiger partial charge in [0, 0.05) is 18.1 Å². The fourth-order valence-corrected chi connectivity index (χ4v) is 3.49. The van der Waals surface area contributed by atoms with E-state index in [2.05, 4.69) is 66.1 Å². The number of allylic oxidation sites excluding steroid dienone is 4. The first-order valence-corrected chi connectivity index (χ1v) is 10.5. The van der Waals surface area contributed by atoms with Gasteiger partial charge in [-0.15, -0.1) is 0 Å². The van der Waals surface area contributed by atoms with Crippen molar-refractivity contribution in [2.75, 3.05) is 12.3 Å². The van der Waals surface area contributed by atoms with Crippen molar-refractivity contribution in [3.63, 3.8) is 0 Å². The summed E-state index contributed by atoms with van der Waals surface area (Å²) in [6, 6.07) is 10.1. The van der Waals surface area contributed by atoms with Crippen LogP contribution < -0.4 is 5.73 Å². The van der Waals surface area contributed by atoms with Crippen molar-refractivity contribution >= 4 is 17.7 Å². The highest BCUT2D eigenvalue weighted by atomic mass is 16.6. The lowest BCUT2D eigenvalue weighted by atomic mass is 9.86. The van der Waals surface area contributed by atoms with E-state index in [1.807, 2.05) is 18.2 Å². The second kappa shape index (κ2) is 8.76. The van der Waals surface area contributed by atoms with Gasteiger partial charge in [-0.25, -0.2) is 4.98 Å². The van der Waals surface area contributed by atoms with Crippen LogP contribution in [0.15, 0.2) is 71.1 Å². The highest BCUT2D eigenvalue weighted by molar-refractivity contribution is 5.82. The van der Waals surface area contributed by atoms with Crippen LogP contribution >= 0.6 is 0 Å². The van der Waals surface area contributed by atoms with E-state index < -0.39 is 0 Å². The molecule has 2 N–H and O–H groups in total. The molecule has 1 aromatic heterocycles. The molecule has 6 nitrogen and oxygen atoms in total. The maximum Gasteiger partial charge on any atom is 0.234 e. The molecule has 160 valence electrons. The molecular formula is C25H28N4O2. The summed E-state index contributed by atoms with van der Waals surface area (Å²) in [5.41, 5.74) is 10.3. The molecule has 0 bridgehead atoms. The van der Waals surface area contributed by atoms with Crippen LogP contribution in [0.1, 0.15) is 45.6 Å². The Balaban J connectivity index is 1.53. The Morgan fingerprint density at radius 3 is 2.65 bits per heavy atom. The molecule has 1 aromatic carbocycles. The van der Waals surface area contributed by atoms with Crippen LogP contribution in [0.3, 0.4) is 0 Å². The third-order valence-electron chi connectivity index (χ3n) is 5.19. The number of aliphatic imine (C=N–C) groups is 1. The van der Waals surface area contributed by atoms with Gasteiger partial charge in [0.2, 0.25) is 11.8 Å². The average Bonchev–Trinajstić information content (AvgIpc) is 2.74. The maximum atomic E-state index is 5.96. The van der Waals surface area contributed by atoms with E-state index >= 15 is 0 Å². The molecule has 2 aromatic rings. The monoisotopic (exact) mass is 416 g/mol. The summed E-state index contributed by atoms with van der Waals surface area (Å²) in [7, 11) is 0. The van der Waals surface area contributed by atoms with Gasteiger partial charge in [-0.3, -0.25) is 0 Å². The Labute approximate surface area is 183 Å². The first kappa shape index (κ1) is 20.8. The summed E-state index contributed by atoms with van der Waals surface area (Å²) in [6.45, 7) is 6.82. The molecule has 0 saturated carbocycles. The Kier molecular flexibility index (Phi) is 5.89. The molecule has 2 aliphatic rings. The van der Waals surface area contributed by atoms with Crippen LogP contribution in [-0.4, -0.2) is 22.5 Å². The number of ether oxygens (including phenoxy) is 2. The largest absolute Gasteiger partial charge is 0.488 e. The van der Waals surface area contributed by atoms with Crippen LogP contribution in [-0.2, 0) is 14.9 Å². The van der Waals surface area contributed by atoms with Crippen molar-refractivity contribution in [2.24, 2.45) is 4.99 Å². The van der Waals surface area contributed by atoms with E-state index in [9.17, 15) is 0 Å². The number of anilines is 1. The number of benzene rings is 1. The summed E-state index contributed by atoms with van der Waals surface area (Å²) < 4.78 is 11.5. The Bertz CT molecular complexity index is 1070. The fraction of sp³-hybridized carbons (Fsp3) is 0.320. The van der Waals surface area contributed by atoms with Crippen molar-refractivity contribution in [1.29, 1.82) is 0 Å². The summed E-state index contributed by atoms with van der Waals surface area (Å²) in [5.74, 6) is 1.81. The van der Waals surface area contributed by atoms with Gasteiger partial charge >= 0.3 is 0 Å². The van der Waals surface area contributed by atoms with E-state index in [1.165, 1.54) is 11.1 Å². The molecule has 0 atom stereocenters. The van der Waals surface area contributed by atoms with Gasteiger partial charge < -0.3 is 15.2 Å². The van der Waals surface area contributed by atoms with E-state index in [-0.39, 0.29) is 18.0 Å². The summed E-state index contributed by atoms with van der Waals surface area (Å²) >= 11 is 0. The van der Waals surface area contributed by atoms with Gasteiger partial charge in [0.1, 0.15) is 12.0 Å². The lowest BCUT2D eigenvalue weighted by Gasteiger charge is -2.19. The topological polar surface area (TPSA) is 82.6 Å². The molecular weight excluding hydrogens is 388 g/mol. The SMILES string of the molecule is CC(C)(C)c1ccc(-c2cc(N=C3COC=C(CC4=CC=CCC4)O3)nc(N)n2)cc1. The average molecular weight is 417 g/mol. The predicted molar refractivity (Wildman–Crippen MR) is 124 cm³/mol. The number of nitrogen functional groups attached to an aromatic ring is 1. The standard InChI is InChI=1S/C25H28N4O2/c1-25(2,3)19-11-9-18(10-12-19)21-14-22(29-24(26)27-21)28-23-16-30-15-20(31-23)13-17-7-5-4-6-8-17/h4-5,7,9-12,14-15H,6,8,13,16H2,1-3H3,(H2,26,27,29). The van der Waals surface area contributed by atoms with Crippen molar-refractivity contribution in [3.8, 4) is 11.3 Å². The minimum Gasteiger partial charge on any atom is -0.488 e. The molecule has 0 fully saturated rings. The van der Waals surface area contributed by atoms with Crippen LogP contribution in [0.4, 0.5) is 11.8 Å². The third-order valence-corrected chi connectivity index (χ3v) is 5.19. The van der Waals surface area contributed by atoms with Gasteiger partial charge in [0.15, 0.2) is 12.4 Å². The minimum absolute atomic E-state index is 0.0911. The number of hydrogen-bond acceptors (Lipinski definition) is 6. The van der Waals surface area contributed by atoms with Crippen LogP contribution in [0.25, 0.3) is 11.3 Å². The smallest absolute Gasteiger partial charge is 0.234 e. The zero-order valence-corrected chi connectivity index (χ0v) is 18.3. The van der Waals surface area contributed by atoms with Crippen molar-refractivity contribution in [3.05, 3.63) is 71.7 Å². The van der Waals surface area contributed by atoms with Crippen molar-refractivity contribution < 1.29 is 9.47 Å². The Hall–Kier alpha value is -3.41. The zero-order valence-electron chi connectivity index (χ0n) is 18.3. The minimum atomic E-state index is 0.0911. The molecule has 2 heterocycles. The number of hydrogen-bond donors (Lipinski definition) is 1. The van der Waals surface area contributed by atoms with E-state index in [0.29, 0.717) is 18.1 Å². The number of aromatic nitrogens is 2. The molecule has 4 rings (SSSR count). The first-order valence-electron chi connectivity index (χ1n) is 10.5. The van der Waals surface area contributed by atoms with E-state index in [4.69, 9.17) is 15.2 Å². The van der Waals surface area contributed by atoms with Gasteiger partial charge in [0.25, 0.3) is 0 Å². The van der Waals surface area contributed by atoms with E-state index in [1.54, 1.807) is 6.26 Å². The molecule has 0 unspecified atom stereocenters. The van der Waals surface area contributed by atoms with Crippen LogP contribution in [0.5, 0.6) is 0 Å². The van der Waals surface area contributed by atoms with Crippen LogP contribution in [0, 0.1) is 0 Å².